The molecule has 0 saturated carbocycles. The quantitative estimate of drug-likeness (QED) is 0.164. The molecule has 2 rings (SSSR count). The van der Waals surface area contributed by atoms with Gasteiger partial charge in [0.25, 0.3) is 0 Å². The van der Waals surface area contributed by atoms with Crippen LogP contribution in [0.5, 0.6) is 0 Å². The van der Waals surface area contributed by atoms with E-state index in [1.807, 2.05) is 0 Å². The van der Waals surface area contributed by atoms with Crippen LogP contribution in [0.25, 0.3) is 0 Å². The molecule has 0 aliphatic rings. The van der Waals surface area contributed by atoms with E-state index >= 15 is 0 Å². The Morgan fingerprint density at radius 3 is 1.61 bits per heavy atom. The summed E-state index contributed by atoms with van der Waals surface area (Å²) in [6.07, 6.45) is 13.3. The molecule has 0 bridgehead atoms. The van der Waals surface area contributed by atoms with Gasteiger partial charge in [-0.1, -0.05) is 95.8 Å². The van der Waals surface area contributed by atoms with Gasteiger partial charge in [0.2, 0.25) is 0 Å². The maximum absolute atomic E-state index is 2.56. The second kappa shape index (κ2) is 18.8. The van der Waals surface area contributed by atoms with E-state index < -0.39 is 8.07 Å². The van der Waals surface area contributed by atoms with Crippen molar-refractivity contribution in [3.63, 3.8) is 0 Å². The molecule has 0 aliphatic heterocycles. The summed E-state index contributed by atoms with van der Waals surface area (Å²) in [5.74, 6) is 0. The summed E-state index contributed by atoms with van der Waals surface area (Å²) in [6.45, 7) is 11.9. The molecule has 0 spiro atoms. The summed E-state index contributed by atoms with van der Waals surface area (Å²) in [5.41, 5.74) is 4.64. The fourth-order valence-electron chi connectivity index (χ4n) is 4.29. The Morgan fingerprint density at radius 2 is 1.23 bits per heavy atom. The van der Waals surface area contributed by atoms with E-state index in [-0.39, 0.29) is 58.9 Å². The molecule has 0 radical (unpaired) electrons. The van der Waals surface area contributed by atoms with E-state index in [2.05, 4.69) is 70.3 Å². The molecule has 0 atom stereocenters. The maximum atomic E-state index is 2.56. The van der Waals surface area contributed by atoms with Crippen LogP contribution in [0.3, 0.4) is 0 Å². The fourth-order valence-corrected chi connectivity index (χ4v) is 7.28. The van der Waals surface area contributed by atoms with Crippen LogP contribution in [0, 0.1) is 6.92 Å². The topological polar surface area (TPSA) is 0 Å². The average molecular weight is 536 g/mol. The molecule has 0 heterocycles. The van der Waals surface area contributed by atoms with Crippen LogP contribution >= 0.6 is 0 Å². The predicted octanol–water partition coefficient (Wildman–Crippen LogP) is -2.21. The third kappa shape index (κ3) is 11.4. The van der Waals surface area contributed by atoms with Crippen LogP contribution in [0.4, 0.5) is 0 Å². The van der Waals surface area contributed by atoms with Crippen LogP contribution in [0.15, 0.2) is 36.4 Å². The smallest absolute Gasteiger partial charge is 1.00 e. The van der Waals surface area contributed by atoms with Gasteiger partial charge < -0.3 is 37.2 Å². The first-order chi connectivity index (χ1) is 13.0. The number of benzene rings is 1. The molecule has 2 aromatic rings. The van der Waals surface area contributed by atoms with Crippen LogP contribution in [-0.2, 0) is 34.6 Å². The van der Waals surface area contributed by atoms with E-state index in [1.54, 1.807) is 21.5 Å². The molecule has 0 unspecified atom stereocenters. The standard InChI is InChI=1S/C26H41Si.3ClH.Ti/c1-6-8-10-12-16-23-19-24(17-13-11-9-7-2)21-25(20-23)27(4,5)26-18-14-15-22(26)3;;;;/h14-15,18-21H,6-13,16-17H2,1-5H3;3*1H;/q-1;;;;+4/p-3. The van der Waals surface area contributed by atoms with Crippen molar-refractivity contribution in [3.05, 3.63) is 53.1 Å². The van der Waals surface area contributed by atoms with E-state index in [9.17, 15) is 0 Å². The van der Waals surface area contributed by atoms with Crippen molar-refractivity contribution in [2.75, 3.05) is 0 Å². The number of rotatable bonds is 12. The zero-order valence-electron chi connectivity index (χ0n) is 20.2. The van der Waals surface area contributed by atoms with Crippen molar-refractivity contribution in [2.24, 2.45) is 0 Å². The van der Waals surface area contributed by atoms with Gasteiger partial charge in [0.15, 0.2) is 0 Å². The van der Waals surface area contributed by atoms with Gasteiger partial charge >= 0.3 is 21.7 Å². The Hall–Kier alpha value is 0.371. The summed E-state index contributed by atoms with van der Waals surface area (Å²) in [5, 5.41) is 3.25. The first kappa shape index (κ1) is 36.0. The van der Waals surface area contributed by atoms with Gasteiger partial charge in [-0.05, 0) is 36.8 Å². The summed E-state index contributed by atoms with van der Waals surface area (Å²) in [6, 6.07) is 14.5. The molecule has 174 valence electrons. The fraction of sp³-hybridized carbons (Fsp3) is 0.577. The van der Waals surface area contributed by atoms with Crippen molar-refractivity contribution in [1.82, 2.24) is 0 Å². The van der Waals surface area contributed by atoms with E-state index in [1.165, 1.54) is 69.8 Å². The van der Waals surface area contributed by atoms with Gasteiger partial charge in [0.1, 0.15) is 0 Å². The largest absolute Gasteiger partial charge is 4.00 e. The second-order valence-corrected chi connectivity index (χ2v) is 13.3. The molecule has 5 heteroatoms. The van der Waals surface area contributed by atoms with Crippen LogP contribution in [-0.4, -0.2) is 8.07 Å². The zero-order valence-corrected chi connectivity index (χ0v) is 25.0. The van der Waals surface area contributed by atoms with Crippen LogP contribution in [0.2, 0.25) is 13.1 Å². The molecule has 0 amide bonds. The molecule has 0 nitrogen and oxygen atoms in total. The molecule has 0 aromatic heterocycles. The minimum Gasteiger partial charge on any atom is -1.00 e. The number of hydrogen-bond donors (Lipinski definition) is 0. The van der Waals surface area contributed by atoms with Crippen molar-refractivity contribution < 1.29 is 58.9 Å². The second-order valence-electron chi connectivity index (χ2n) is 8.91. The normalized spacial score (nSPS) is 10.4. The summed E-state index contributed by atoms with van der Waals surface area (Å²) < 4.78 is 0. The Kier molecular flexibility index (Phi) is 21.8. The molecular formula is C26H41Cl3SiTi. The Labute approximate surface area is 227 Å². The van der Waals surface area contributed by atoms with Gasteiger partial charge in [-0.3, -0.25) is 0 Å². The minimum absolute atomic E-state index is 0. The predicted molar refractivity (Wildman–Crippen MR) is 126 cm³/mol. The van der Waals surface area contributed by atoms with Gasteiger partial charge in [-0.15, -0.1) is 0 Å². The average Bonchev–Trinajstić information content (AvgIpc) is 3.09. The van der Waals surface area contributed by atoms with Crippen molar-refractivity contribution in [2.45, 2.75) is 98.1 Å². The number of halogens is 3. The Bertz CT molecular complexity index is 667. The molecule has 0 fully saturated rings. The maximum Gasteiger partial charge on any atom is 4.00 e. The van der Waals surface area contributed by atoms with E-state index in [4.69, 9.17) is 0 Å². The van der Waals surface area contributed by atoms with Gasteiger partial charge in [-0.25, -0.2) is 12.1 Å². The Morgan fingerprint density at radius 1 is 0.742 bits per heavy atom. The molecule has 0 N–H and O–H groups in total. The molecular weight excluding hydrogens is 495 g/mol. The molecule has 31 heavy (non-hydrogen) atoms. The van der Waals surface area contributed by atoms with Crippen molar-refractivity contribution in [3.8, 4) is 0 Å². The number of unbranched alkanes of at least 4 members (excludes halogenated alkanes) is 6. The first-order valence-electron chi connectivity index (χ1n) is 11.3. The summed E-state index contributed by atoms with van der Waals surface area (Å²) >= 11 is 0. The zero-order chi connectivity index (χ0) is 19.7. The number of aryl methyl sites for hydroxylation is 3. The van der Waals surface area contributed by atoms with E-state index in [0.29, 0.717) is 0 Å². The van der Waals surface area contributed by atoms with Crippen LogP contribution in [0.1, 0.15) is 81.9 Å². The number of hydrogen-bond acceptors (Lipinski definition) is 0. The minimum atomic E-state index is -1.62. The van der Waals surface area contributed by atoms with Crippen molar-refractivity contribution >= 4 is 18.4 Å². The monoisotopic (exact) mass is 534 g/mol. The van der Waals surface area contributed by atoms with E-state index in [0.717, 1.165) is 0 Å². The Balaban J connectivity index is -0.00000196. The summed E-state index contributed by atoms with van der Waals surface area (Å²) in [4.78, 5) is 0. The van der Waals surface area contributed by atoms with Crippen LogP contribution < -0.4 is 47.6 Å². The third-order valence-corrected chi connectivity index (χ3v) is 9.76. The first-order valence-corrected chi connectivity index (χ1v) is 14.3. The molecule has 2 aromatic carbocycles. The van der Waals surface area contributed by atoms with Gasteiger partial charge in [0.05, 0.1) is 8.07 Å². The van der Waals surface area contributed by atoms with Crippen molar-refractivity contribution in [1.29, 1.82) is 0 Å². The summed E-state index contributed by atoms with van der Waals surface area (Å²) in [7, 11) is -1.62. The SMILES string of the molecule is CCCCCCc1cc(CCCCCC)cc([Si](C)(C)[c-]2cccc2C)c1.[Cl-].[Cl-].[Cl-].[Ti+4]. The van der Waals surface area contributed by atoms with Gasteiger partial charge in [0, 0.05) is 0 Å². The third-order valence-electron chi connectivity index (χ3n) is 6.12. The van der Waals surface area contributed by atoms with Gasteiger partial charge in [-0.2, -0.15) is 16.8 Å². The molecule has 0 saturated heterocycles. The molecule has 0 aliphatic carbocycles.